The second-order valence-electron chi connectivity index (χ2n) is 6.72. The lowest BCUT2D eigenvalue weighted by atomic mass is 10.2. The summed E-state index contributed by atoms with van der Waals surface area (Å²) in [5.41, 5.74) is 1.72. The van der Waals surface area contributed by atoms with Crippen LogP contribution in [0, 0.1) is 5.82 Å². The molecule has 28 heavy (non-hydrogen) atoms. The summed E-state index contributed by atoms with van der Waals surface area (Å²) in [6.07, 6.45) is 1.17. The first-order chi connectivity index (χ1) is 13.5. The number of fused-ring (bicyclic) bond motifs is 1. The molecule has 0 unspecified atom stereocenters. The smallest absolute Gasteiger partial charge is 0.274 e. The van der Waals surface area contributed by atoms with E-state index in [2.05, 4.69) is 5.32 Å². The van der Waals surface area contributed by atoms with E-state index < -0.39 is 11.7 Å². The first-order valence-electron chi connectivity index (χ1n) is 9.04. The van der Waals surface area contributed by atoms with Crippen LogP contribution in [0.15, 0.2) is 42.5 Å². The lowest BCUT2D eigenvalue weighted by Gasteiger charge is -2.18. The van der Waals surface area contributed by atoms with Crippen molar-refractivity contribution < 1.29 is 18.7 Å². The Kier molecular flexibility index (Phi) is 4.50. The predicted molar refractivity (Wildman–Crippen MR) is 105 cm³/mol. The summed E-state index contributed by atoms with van der Waals surface area (Å²) >= 11 is 0. The second-order valence-corrected chi connectivity index (χ2v) is 6.72. The molecule has 1 fully saturated rings. The minimum atomic E-state index is -0.518. The lowest BCUT2D eigenvalue weighted by molar-refractivity contribution is -0.117. The van der Waals surface area contributed by atoms with Gasteiger partial charge >= 0.3 is 0 Å². The van der Waals surface area contributed by atoms with Crippen LogP contribution in [0.4, 0.5) is 15.8 Å². The van der Waals surface area contributed by atoms with Gasteiger partial charge in [0.2, 0.25) is 5.91 Å². The fourth-order valence-electron chi connectivity index (χ4n) is 3.69. The average Bonchev–Trinajstić information content (AvgIpc) is 3.23. The van der Waals surface area contributed by atoms with E-state index in [4.69, 9.17) is 4.74 Å². The number of rotatable bonds is 4. The molecule has 2 aromatic carbocycles. The number of carbonyl (C=O) groups excluding carboxylic acids is 2. The zero-order valence-electron chi connectivity index (χ0n) is 15.7. The summed E-state index contributed by atoms with van der Waals surface area (Å²) in [5.74, 6) is -0.394. The van der Waals surface area contributed by atoms with Gasteiger partial charge in [-0.25, -0.2) is 4.39 Å². The Labute approximate surface area is 161 Å². The number of amides is 2. The number of methoxy groups -OCH3 is 1. The van der Waals surface area contributed by atoms with Crippen LogP contribution >= 0.6 is 0 Å². The van der Waals surface area contributed by atoms with Crippen LogP contribution in [0.25, 0.3) is 10.9 Å². The maximum Gasteiger partial charge on any atom is 0.274 e. The van der Waals surface area contributed by atoms with Gasteiger partial charge in [0.1, 0.15) is 17.3 Å². The second kappa shape index (κ2) is 6.99. The Bertz CT molecular complexity index is 1090. The fourth-order valence-corrected chi connectivity index (χ4v) is 3.69. The highest BCUT2D eigenvalue weighted by atomic mass is 19.1. The van der Waals surface area contributed by atoms with Gasteiger partial charge in [-0.1, -0.05) is 12.1 Å². The number of aryl methyl sites for hydroxylation is 1. The van der Waals surface area contributed by atoms with E-state index >= 15 is 0 Å². The van der Waals surface area contributed by atoms with Gasteiger partial charge in [-0.3, -0.25) is 9.59 Å². The van der Waals surface area contributed by atoms with Gasteiger partial charge in [-0.2, -0.15) is 0 Å². The van der Waals surface area contributed by atoms with Crippen molar-refractivity contribution in [1.29, 1.82) is 0 Å². The van der Waals surface area contributed by atoms with Crippen LogP contribution in [-0.4, -0.2) is 30.0 Å². The van der Waals surface area contributed by atoms with Gasteiger partial charge in [-0.15, -0.1) is 0 Å². The Hall–Kier alpha value is -3.35. The van der Waals surface area contributed by atoms with Gasteiger partial charge < -0.3 is 19.5 Å². The Balaban J connectivity index is 1.89. The first kappa shape index (κ1) is 18.0. The number of nitrogens with one attached hydrogen (secondary N) is 1. The molecule has 0 aliphatic carbocycles. The minimum Gasteiger partial charge on any atom is -0.497 e. The molecule has 1 aliphatic heterocycles. The molecule has 7 heteroatoms. The summed E-state index contributed by atoms with van der Waals surface area (Å²) in [7, 11) is 3.33. The van der Waals surface area contributed by atoms with E-state index in [1.807, 2.05) is 12.1 Å². The third kappa shape index (κ3) is 2.89. The number of anilines is 2. The monoisotopic (exact) mass is 381 g/mol. The van der Waals surface area contributed by atoms with E-state index in [1.54, 1.807) is 41.8 Å². The van der Waals surface area contributed by atoms with Crippen LogP contribution in [-0.2, 0) is 11.8 Å². The minimum absolute atomic E-state index is 0.0322. The van der Waals surface area contributed by atoms with Crippen LogP contribution in [0.2, 0.25) is 0 Å². The molecule has 1 aromatic heterocycles. The molecule has 1 saturated heterocycles. The van der Waals surface area contributed by atoms with E-state index in [1.165, 1.54) is 12.1 Å². The Morgan fingerprint density at radius 3 is 2.68 bits per heavy atom. The molecule has 4 rings (SSSR count). The molecule has 1 N–H and O–H groups in total. The number of halogens is 1. The molecule has 0 radical (unpaired) electrons. The molecule has 0 spiro atoms. The number of para-hydroxylation sites is 1. The van der Waals surface area contributed by atoms with Gasteiger partial charge in [0, 0.05) is 25.4 Å². The highest BCUT2D eigenvalue weighted by Gasteiger charge is 2.31. The van der Waals surface area contributed by atoms with E-state index in [9.17, 15) is 14.0 Å². The number of aromatic nitrogens is 1. The van der Waals surface area contributed by atoms with Gasteiger partial charge in [-0.05, 0) is 36.8 Å². The van der Waals surface area contributed by atoms with Crippen molar-refractivity contribution in [3.8, 4) is 5.75 Å². The molecule has 144 valence electrons. The molecule has 2 amide bonds. The maximum absolute atomic E-state index is 14.0. The van der Waals surface area contributed by atoms with Gasteiger partial charge in [0.15, 0.2) is 0 Å². The number of hydrogen-bond donors (Lipinski definition) is 1. The molecule has 0 atom stereocenters. The molecule has 3 aromatic rings. The molecule has 0 bridgehead atoms. The quantitative estimate of drug-likeness (QED) is 0.749. The van der Waals surface area contributed by atoms with Gasteiger partial charge in [0.25, 0.3) is 5.91 Å². The molecule has 6 nitrogen and oxygen atoms in total. The molecular formula is C21H20FN3O3. The summed E-state index contributed by atoms with van der Waals surface area (Å²) in [6.45, 7) is 0.537. The van der Waals surface area contributed by atoms with Crippen LogP contribution in [0.3, 0.4) is 0 Å². The molecule has 0 saturated carbocycles. The summed E-state index contributed by atoms with van der Waals surface area (Å²) < 4.78 is 21.1. The summed E-state index contributed by atoms with van der Waals surface area (Å²) in [6, 6.07) is 11.5. The van der Waals surface area contributed by atoms with Crippen LogP contribution in [0.5, 0.6) is 5.75 Å². The van der Waals surface area contributed by atoms with Crippen molar-refractivity contribution in [2.24, 2.45) is 7.05 Å². The van der Waals surface area contributed by atoms with Crippen molar-refractivity contribution in [3.63, 3.8) is 0 Å². The topological polar surface area (TPSA) is 63.6 Å². The van der Waals surface area contributed by atoms with Gasteiger partial charge in [0.05, 0.1) is 24.0 Å². The van der Waals surface area contributed by atoms with Crippen LogP contribution < -0.4 is 15.0 Å². The lowest BCUT2D eigenvalue weighted by Crippen LogP contribution is -2.27. The highest BCUT2D eigenvalue weighted by molar-refractivity contribution is 6.17. The molecular weight excluding hydrogens is 361 g/mol. The number of nitrogens with zero attached hydrogens (tertiary/aromatic N) is 2. The van der Waals surface area contributed by atoms with E-state index in [0.717, 1.165) is 17.3 Å². The Morgan fingerprint density at radius 1 is 1.21 bits per heavy atom. The predicted octanol–water partition coefficient (Wildman–Crippen LogP) is 3.71. The number of ether oxygens (including phenoxy) is 1. The van der Waals surface area contributed by atoms with E-state index in [0.29, 0.717) is 30.1 Å². The number of carbonyl (C=O) groups is 2. The average molecular weight is 381 g/mol. The van der Waals surface area contributed by atoms with Crippen molar-refractivity contribution in [3.05, 3.63) is 54.0 Å². The zero-order valence-corrected chi connectivity index (χ0v) is 15.7. The van der Waals surface area contributed by atoms with Crippen molar-refractivity contribution in [2.75, 3.05) is 23.9 Å². The van der Waals surface area contributed by atoms with Crippen molar-refractivity contribution in [2.45, 2.75) is 12.8 Å². The molecule has 2 heterocycles. The highest BCUT2D eigenvalue weighted by Crippen LogP contribution is 2.38. The third-order valence-electron chi connectivity index (χ3n) is 5.06. The maximum atomic E-state index is 14.0. The normalized spacial score (nSPS) is 14.0. The SMILES string of the molecule is COc1ccc2c(c1)c(N1CCCC1=O)c(C(=O)Nc1ccccc1F)n2C. The number of hydrogen-bond acceptors (Lipinski definition) is 3. The summed E-state index contributed by atoms with van der Waals surface area (Å²) in [4.78, 5) is 27.2. The van der Waals surface area contributed by atoms with Crippen LogP contribution in [0.1, 0.15) is 23.3 Å². The largest absolute Gasteiger partial charge is 0.497 e. The van der Waals surface area contributed by atoms with E-state index in [-0.39, 0.29) is 11.6 Å². The van der Waals surface area contributed by atoms with Crippen molar-refractivity contribution >= 4 is 34.1 Å². The number of benzene rings is 2. The standard InChI is InChI=1S/C21H20FN3O3/c1-24-17-10-9-13(28-2)12-14(17)19(25-11-5-8-18(25)26)20(24)21(27)23-16-7-4-3-6-15(16)22/h3-4,6-7,9-10,12H,5,8,11H2,1-2H3,(H,23,27). The zero-order chi connectivity index (χ0) is 19.8. The Morgan fingerprint density at radius 2 is 2.00 bits per heavy atom. The molecule has 1 aliphatic rings. The summed E-state index contributed by atoms with van der Waals surface area (Å²) in [5, 5.41) is 3.38. The first-order valence-corrected chi connectivity index (χ1v) is 9.04. The fraction of sp³-hybridized carbons (Fsp3) is 0.238. The third-order valence-corrected chi connectivity index (χ3v) is 5.06. The van der Waals surface area contributed by atoms with Crippen molar-refractivity contribution in [1.82, 2.24) is 4.57 Å².